The third-order valence-electron chi connectivity index (χ3n) is 5.82. The van der Waals surface area contributed by atoms with Crippen molar-refractivity contribution in [1.82, 2.24) is 4.90 Å². The molecule has 0 aliphatic rings. The molecule has 0 atom stereocenters. The van der Waals surface area contributed by atoms with Crippen LogP contribution in [0.4, 0.5) is 4.79 Å². The molecule has 0 N–H and O–H groups in total. The fourth-order valence-electron chi connectivity index (χ4n) is 3.27. The fraction of sp³-hybridized carbons (Fsp3) is 0.939. The third kappa shape index (κ3) is 39.1. The molecule has 0 aromatic heterocycles. The van der Waals surface area contributed by atoms with Crippen LogP contribution in [0.15, 0.2) is 0 Å². The van der Waals surface area contributed by atoms with Gasteiger partial charge in [0.25, 0.3) is 0 Å². The van der Waals surface area contributed by atoms with Crippen LogP contribution in [-0.4, -0.2) is 202 Å². The van der Waals surface area contributed by atoms with E-state index in [0.29, 0.717) is 159 Å². The van der Waals surface area contributed by atoms with Crippen molar-refractivity contribution >= 4 is 12.1 Å². The Kier molecular flexibility index (Phi) is 35.7. The van der Waals surface area contributed by atoms with Crippen LogP contribution < -0.4 is 0 Å². The van der Waals surface area contributed by atoms with Crippen LogP contribution in [0, 0.1) is 0 Å². The van der Waals surface area contributed by atoms with Gasteiger partial charge in [-0.3, -0.25) is 0 Å². The summed E-state index contributed by atoms with van der Waals surface area (Å²) in [7, 11) is 2.99. The number of ether oxygens (including phenoxy) is 14. The lowest BCUT2D eigenvalue weighted by atomic mass is 10.2. The first-order valence-electron chi connectivity index (χ1n) is 17.2. The maximum atomic E-state index is 11.9. The highest BCUT2D eigenvalue weighted by Crippen LogP contribution is 2.08. The van der Waals surface area contributed by atoms with Gasteiger partial charge in [-0.25, -0.2) is 9.59 Å². The standard InChI is InChI=1S/C33H65NO16/c1-33(2,3)50-32(36)34(4)6-7-38-8-9-39-10-11-40-12-13-41-14-15-42-16-17-43-18-19-44-20-21-45-22-23-46-24-25-47-26-27-48-28-29-49-30-31(35)37-5/h6-30H2,1-5H3. The van der Waals surface area contributed by atoms with Crippen LogP contribution in [0.5, 0.6) is 0 Å². The molecule has 298 valence electrons. The molecule has 0 bridgehead atoms. The Morgan fingerprint density at radius 1 is 0.420 bits per heavy atom. The van der Waals surface area contributed by atoms with Gasteiger partial charge in [0.05, 0.1) is 159 Å². The molecule has 0 aliphatic carbocycles. The Bertz CT molecular complexity index is 743. The van der Waals surface area contributed by atoms with E-state index in [-0.39, 0.29) is 12.7 Å². The Labute approximate surface area is 298 Å². The van der Waals surface area contributed by atoms with E-state index < -0.39 is 11.6 Å². The average molecular weight is 732 g/mol. The van der Waals surface area contributed by atoms with Gasteiger partial charge >= 0.3 is 12.1 Å². The first-order valence-corrected chi connectivity index (χ1v) is 17.2. The Morgan fingerprint density at radius 2 is 0.660 bits per heavy atom. The molecule has 0 aromatic carbocycles. The molecular formula is C33H65NO16. The summed E-state index contributed by atoms with van der Waals surface area (Å²) in [5.41, 5.74) is -0.514. The lowest BCUT2D eigenvalue weighted by Gasteiger charge is -2.24. The molecule has 0 spiro atoms. The zero-order valence-corrected chi connectivity index (χ0v) is 31.2. The van der Waals surface area contributed by atoms with Crippen LogP contribution in [-0.2, 0) is 71.1 Å². The van der Waals surface area contributed by atoms with Gasteiger partial charge in [-0.05, 0) is 20.8 Å². The summed E-state index contributed by atoms with van der Waals surface area (Å²) in [5.74, 6) is -0.412. The van der Waals surface area contributed by atoms with E-state index in [9.17, 15) is 9.59 Å². The number of rotatable bonds is 38. The lowest BCUT2D eigenvalue weighted by molar-refractivity contribution is -0.146. The van der Waals surface area contributed by atoms with Crippen molar-refractivity contribution in [3.8, 4) is 0 Å². The smallest absolute Gasteiger partial charge is 0.410 e. The second-order valence-electron chi connectivity index (χ2n) is 11.3. The van der Waals surface area contributed by atoms with E-state index in [1.807, 2.05) is 20.8 Å². The zero-order valence-electron chi connectivity index (χ0n) is 31.2. The molecule has 1 amide bonds. The fourth-order valence-corrected chi connectivity index (χ4v) is 3.27. The predicted octanol–water partition coefficient (Wildman–Crippen LogP) is 1.23. The summed E-state index contributed by atoms with van der Waals surface area (Å²) in [6, 6.07) is 0. The maximum absolute atomic E-state index is 11.9. The minimum atomic E-state index is -0.514. The van der Waals surface area contributed by atoms with Crippen molar-refractivity contribution in [2.24, 2.45) is 0 Å². The number of carbonyl (C=O) groups excluding carboxylic acids is 2. The molecule has 0 fully saturated rings. The summed E-state index contributed by atoms with van der Waals surface area (Å²) < 4.78 is 74.7. The molecule has 0 radical (unpaired) electrons. The molecule has 0 saturated carbocycles. The van der Waals surface area contributed by atoms with Crippen LogP contribution in [0.1, 0.15) is 20.8 Å². The zero-order chi connectivity index (χ0) is 36.8. The summed E-state index contributed by atoms with van der Waals surface area (Å²) in [4.78, 5) is 24.2. The number of hydrogen-bond acceptors (Lipinski definition) is 16. The van der Waals surface area contributed by atoms with Crippen LogP contribution >= 0.6 is 0 Å². The second-order valence-corrected chi connectivity index (χ2v) is 11.3. The Hall–Kier alpha value is -1.74. The number of likely N-dealkylation sites (N-methyl/N-ethyl adjacent to an activating group) is 1. The second kappa shape index (κ2) is 37.0. The summed E-state index contributed by atoms with van der Waals surface area (Å²) in [6.45, 7) is 16.5. The number of carbonyl (C=O) groups is 2. The van der Waals surface area contributed by atoms with Crippen molar-refractivity contribution < 1.29 is 75.9 Å². The summed E-state index contributed by atoms with van der Waals surface area (Å²) >= 11 is 0. The normalized spacial score (nSPS) is 11.6. The molecule has 50 heavy (non-hydrogen) atoms. The van der Waals surface area contributed by atoms with Gasteiger partial charge in [-0.2, -0.15) is 0 Å². The van der Waals surface area contributed by atoms with E-state index in [4.69, 9.17) is 61.6 Å². The highest BCUT2D eigenvalue weighted by Gasteiger charge is 2.19. The molecule has 0 unspecified atom stereocenters. The highest BCUT2D eigenvalue weighted by molar-refractivity contribution is 5.70. The molecule has 0 aliphatic heterocycles. The third-order valence-corrected chi connectivity index (χ3v) is 5.82. The molecule has 0 rings (SSSR count). The molecule has 17 nitrogen and oxygen atoms in total. The van der Waals surface area contributed by atoms with Gasteiger partial charge in [-0.15, -0.1) is 0 Å². The van der Waals surface area contributed by atoms with Crippen LogP contribution in [0.3, 0.4) is 0 Å². The molecule has 17 heteroatoms. The highest BCUT2D eigenvalue weighted by atomic mass is 16.6. The van der Waals surface area contributed by atoms with E-state index >= 15 is 0 Å². The van der Waals surface area contributed by atoms with Gasteiger partial charge in [0.2, 0.25) is 0 Å². The Balaban J connectivity index is 3.14. The minimum absolute atomic E-state index is 0.0750. The maximum Gasteiger partial charge on any atom is 0.410 e. The summed E-state index contributed by atoms with van der Waals surface area (Å²) in [6.07, 6.45) is -0.368. The van der Waals surface area contributed by atoms with Gasteiger partial charge in [0.1, 0.15) is 12.2 Å². The van der Waals surface area contributed by atoms with Crippen molar-refractivity contribution in [2.45, 2.75) is 26.4 Å². The van der Waals surface area contributed by atoms with Crippen molar-refractivity contribution in [3.05, 3.63) is 0 Å². The minimum Gasteiger partial charge on any atom is -0.467 e. The van der Waals surface area contributed by atoms with Crippen molar-refractivity contribution in [3.63, 3.8) is 0 Å². The van der Waals surface area contributed by atoms with Crippen molar-refractivity contribution in [2.75, 3.05) is 179 Å². The van der Waals surface area contributed by atoms with Gasteiger partial charge in [0, 0.05) is 13.6 Å². The van der Waals surface area contributed by atoms with E-state index in [1.54, 1.807) is 7.05 Å². The molecule has 0 aromatic rings. The van der Waals surface area contributed by atoms with Gasteiger partial charge < -0.3 is 71.2 Å². The topological polar surface area (TPSA) is 167 Å². The summed E-state index contributed by atoms with van der Waals surface area (Å²) in [5, 5.41) is 0. The molecule has 0 saturated heterocycles. The first-order chi connectivity index (χ1) is 24.3. The number of esters is 1. The number of amides is 1. The molecular weight excluding hydrogens is 666 g/mol. The first kappa shape index (κ1) is 48.3. The molecule has 0 heterocycles. The average Bonchev–Trinajstić information content (AvgIpc) is 3.08. The van der Waals surface area contributed by atoms with Gasteiger partial charge in [-0.1, -0.05) is 0 Å². The monoisotopic (exact) mass is 731 g/mol. The van der Waals surface area contributed by atoms with Gasteiger partial charge in [0.15, 0.2) is 0 Å². The number of nitrogens with zero attached hydrogens (tertiary/aromatic N) is 1. The number of methoxy groups -OCH3 is 1. The largest absolute Gasteiger partial charge is 0.467 e. The predicted molar refractivity (Wildman–Crippen MR) is 181 cm³/mol. The SMILES string of the molecule is COC(=O)COCCOCCOCCOCCOCCOCCOCCOCCOCCOCCOCCOCCN(C)C(=O)OC(C)(C)C. The van der Waals surface area contributed by atoms with Crippen LogP contribution in [0.25, 0.3) is 0 Å². The number of hydrogen-bond donors (Lipinski definition) is 0. The van der Waals surface area contributed by atoms with E-state index in [1.165, 1.54) is 12.0 Å². The van der Waals surface area contributed by atoms with Crippen LogP contribution in [0.2, 0.25) is 0 Å². The quantitative estimate of drug-likeness (QED) is 0.0657. The Morgan fingerprint density at radius 3 is 0.900 bits per heavy atom. The van der Waals surface area contributed by atoms with Crippen molar-refractivity contribution in [1.29, 1.82) is 0 Å². The van der Waals surface area contributed by atoms with E-state index in [2.05, 4.69) is 4.74 Å². The van der Waals surface area contributed by atoms with E-state index in [0.717, 1.165) is 0 Å². The lowest BCUT2D eigenvalue weighted by Crippen LogP contribution is -2.36.